The van der Waals surface area contributed by atoms with Gasteiger partial charge in [0.05, 0.1) is 5.54 Å². The lowest BCUT2D eigenvalue weighted by Crippen LogP contribution is -2.43. The first-order valence-electron chi connectivity index (χ1n) is 7.00. The average Bonchev–Trinajstić information content (AvgIpc) is 2.79. The molecule has 0 saturated heterocycles. The summed E-state index contributed by atoms with van der Waals surface area (Å²) in [4.78, 5) is 4.41. The van der Waals surface area contributed by atoms with Crippen LogP contribution in [-0.4, -0.2) is 17.6 Å². The average molecular weight is 267 g/mol. The zero-order valence-electron chi connectivity index (χ0n) is 11.5. The molecule has 1 fully saturated rings. The number of hydrogen-bond donors (Lipinski definition) is 2. The Morgan fingerprint density at radius 1 is 1.39 bits per heavy atom. The molecular weight excluding hydrogens is 242 g/mol. The van der Waals surface area contributed by atoms with Crippen molar-refractivity contribution in [2.45, 2.75) is 57.5 Å². The van der Waals surface area contributed by atoms with Crippen molar-refractivity contribution in [3.63, 3.8) is 0 Å². The molecule has 2 unspecified atom stereocenters. The molecule has 1 heterocycles. The van der Waals surface area contributed by atoms with Gasteiger partial charge in [0.2, 0.25) is 0 Å². The maximum atomic E-state index is 6.27. The smallest absolute Gasteiger partial charge is 0.112 e. The summed E-state index contributed by atoms with van der Waals surface area (Å²) in [6.45, 7) is 5.41. The van der Waals surface area contributed by atoms with Crippen LogP contribution in [0.5, 0.6) is 0 Å². The molecule has 1 aromatic rings. The highest BCUT2D eigenvalue weighted by Crippen LogP contribution is 2.25. The summed E-state index contributed by atoms with van der Waals surface area (Å²) >= 11 is 1.72. The Hall–Kier alpha value is -0.450. The Labute approximate surface area is 114 Å². The van der Waals surface area contributed by atoms with Crippen LogP contribution in [0.2, 0.25) is 0 Å². The van der Waals surface area contributed by atoms with Gasteiger partial charge in [0, 0.05) is 24.2 Å². The molecule has 0 aromatic carbocycles. The lowest BCUT2D eigenvalue weighted by Gasteiger charge is -2.29. The fourth-order valence-corrected chi connectivity index (χ4v) is 3.40. The van der Waals surface area contributed by atoms with Crippen LogP contribution in [0.3, 0.4) is 0 Å². The van der Waals surface area contributed by atoms with Crippen molar-refractivity contribution < 1.29 is 0 Å². The first-order chi connectivity index (χ1) is 8.59. The highest BCUT2D eigenvalue weighted by molar-refractivity contribution is 7.09. The fraction of sp³-hybridized carbons (Fsp3) is 0.786. The molecule has 4 heteroatoms. The van der Waals surface area contributed by atoms with Crippen molar-refractivity contribution in [1.82, 2.24) is 10.3 Å². The zero-order chi connectivity index (χ0) is 13.0. The van der Waals surface area contributed by atoms with E-state index >= 15 is 0 Å². The van der Waals surface area contributed by atoms with Gasteiger partial charge in [-0.2, -0.15) is 0 Å². The Morgan fingerprint density at radius 2 is 2.17 bits per heavy atom. The molecule has 0 aliphatic heterocycles. The number of nitrogens with two attached hydrogens (primary N) is 1. The minimum absolute atomic E-state index is 0.0415. The molecule has 2 atom stereocenters. The van der Waals surface area contributed by atoms with Gasteiger partial charge in [-0.25, -0.2) is 4.98 Å². The summed E-state index contributed by atoms with van der Waals surface area (Å²) in [5.41, 5.74) is 6.23. The molecule has 3 N–H and O–H groups in total. The second-order valence-corrected chi connectivity index (χ2v) is 6.80. The van der Waals surface area contributed by atoms with Crippen LogP contribution in [-0.2, 0) is 5.54 Å². The number of nitrogens with zero attached hydrogens (tertiary/aromatic N) is 1. The summed E-state index contributed by atoms with van der Waals surface area (Å²) in [6, 6.07) is 0.368. The van der Waals surface area contributed by atoms with Gasteiger partial charge in [-0.05, 0) is 32.6 Å². The lowest BCUT2D eigenvalue weighted by atomic mass is 9.94. The summed E-state index contributed by atoms with van der Waals surface area (Å²) in [5.74, 6) is 0.617. The minimum Gasteiger partial charge on any atom is -0.327 e. The SMILES string of the molecule is CC(C)(NCC1CCCCCC1N)c1nccs1. The molecule has 0 amide bonds. The molecule has 18 heavy (non-hydrogen) atoms. The normalized spacial score (nSPS) is 25.9. The van der Waals surface area contributed by atoms with E-state index in [0.29, 0.717) is 12.0 Å². The number of rotatable bonds is 4. The summed E-state index contributed by atoms with van der Waals surface area (Å²) in [5, 5.41) is 6.85. The lowest BCUT2D eigenvalue weighted by molar-refractivity contribution is 0.311. The highest BCUT2D eigenvalue weighted by Gasteiger charge is 2.26. The van der Waals surface area contributed by atoms with Crippen molar-refractivity contribution in [2.75, 3.05) is 6.54 Å². The van der Waals surface area contributed by atoms with Gasteiger partial charge < -0.3 is 11.1 Å². The third kappa shape index (κ3) is 3.53. The number of aromatic nitrogens is 1. The van der Waals surface area contributed by atoms with E-state index in [9.17, 15) is 0 Å². The van der Waals surface area contributed by atoms with E-state index in [1.165, 1.54) is 32.1 Å². The van der Waals surface area contributed by atoms with Crippen LogP contribution < -0.4 is 11.1 Å². The van der Waals surface area contributed by atoms with Gasteiger partial charge in [-0.3, -0.25) is 0 Å². The highest BCUT2D eigenvalue weighted by atomic mass is 32.1. The predicted molar refractivity (Wildman–Crippen MR) is 77.7 cm³/mol. The van der Waals surface area contributed by atoms with E-state index in [1.807, 2.05) is 11.6 Å². The van der Waals surface area contributed by atoms with Crippen molar-refractivity contribution in [2.24, 2.45) is 11.7 Å². The Balaban J connectivity index is 1.90. The Bertz CT molecular complexity index is 348. The van der Waals surface area contributed by atoms with Crippen LogP contribution in [0.25, 0.3) is 0 Å². The van der Waals surface area contributed by atoms with Gasteiger partial charge in [-0.15, -0.1) is 11.3 Å². The topological polar surface area (TPSA) is 50.9 Å². The molecule has 3 nitrogen and oxygen atoms in total. The van der Waals surface area contributed by atoms with Crippen LogP contribution in [0.1, 0.15) is 51.0 Å². The van der Waals surface area contributed by atoms with Crippen molar-refractivity contribution >= 4 is 11.3 Å². The summed E-state index contributed by atoms with van der Waals surface area (Å²) in [7, 11) is 0. The molecule has 102 valence electrons. The number of thiazole rings is 1. The number of hydrogen-bond acceptors (Lipinski definition) is 4. The van der Waals surface area contributed by atoms with Crippen molar-refractivity contribution in [3.05, 3.63) is 16.6 Å². The number of nitrogens with one attached hydrogen (secondary N) is 1. The molecule has 1 aliphatic rings. The van der Waals surface area contributed by atoms with Gasteiger partial charge in [0.25, 0.3) is 0 Å². The van der Waals surface area contributed by atoms with Gasteiger partial charge >= 0.3 is 0 Å². The molecule has 0 radical (unpaired) electrons. The maximum Gasteiger partial charge on any atom is 0.112 e. The van der Waals surface area contributed by atoms with Crippen LogP contribution in [0.15, 0.2) is 11.6 Å². The van der Waals surface area contributed by atoms with Gasteiger partial charge in [-0.1, -0.05) is 19.3 Å². The largest absolute Gasteiger partial charge is 0.327 e. The van der Waals surface area contributed by atoms with E-state index in [4.69, 9.17) is 5.73 Å². The van der Waals surface area contributed by atoms with E-state index in [0.717, 1.165) is 11.6 Å². The van der Waals surface area contributed by atoms with E-state index in [2.05, 4.69) is 24.1 Å². The Kier molecular flexibility index (Phi) is 4.76. The predicted octanol–water partition coefficient (Wildman–Crippen LogP) is 2.88. The molecule has 0 spiro atoms. The third-order valence-electron chi connectivity index (χ3n) is 3.99. The molecule has 0 bridgehead atoms. The molecule has 1 aromatic heterocycles. The summed E-state index contributed by atoms with van der Waals surface area (Å²) in [6.07, 6.45) is 8.30. The minimum atomic E-state index is -0.0415. The van der Waals surface area contributed by atoms with Crippen molar-refractivity contribution in [1.29, 1.82) is 0 Å². The maximum absolute atomic E-state index is 6.27. The van der Waals surface area contributed by atoms with E-state index in [-0.39, 0.29) is 5.54 Å². The van der Waals surface area contributed by atoms with E-state index < -0.39 is 0 Å². The first-order valence-corrected chi connectivity index (χ1v) is 7.88. The van der Waals surface area contributed by atoms with E-state index in [1.54, 1.807) is 11.3 Å². The monoisotopic (exact) mass is 267 g/mol. The molecule has 1 saturated carbocycles. The summed E-state index contributed by atoms with van der Waals surface area (Å²) < 4.78 is 0. The van der Waals surface area contributed by atoms with Gasteiger partial charge in [0.1, 0.15) is 5.01 Å². The Morgan fingerprint density at radius 3 is 2.89 bits per heavy atom. The first kappa shape index (κ1) is 14.0. The molecule has 2 rings (SSSR count). The fourth-order valence-electron chi connectivity index (χ4n) is 2.66. The zero-order valence-corrected chi connectivity index (χ0v) is 12.3. The van der Waals surface area contributed by atoms with Crippen LogP contribution in [0.4, 0.5) is 0 Å². The second-order valence-electron chi connectivity index (χ2n) is 5.91. The van der Waals surface area contributed by atoms with Crippen molar-refractivity contribution in [3.8, 4) is 0 Å². The van der Waals surface area contributed by atoms with Crippen LogP contribution >= 0.6 is 11.3 Å². The molecular formula is C14H25N3S. The van der Waals surface area contributed by atoms with Gasteiger partial charge in [0.15, 0.2) is 0 Å². The quantitative estimate of drug-likeness (QED) is 0.825. The standard InChI is InChI=1S/C14H25N3S/c1-14(2,13-16-8-9-18-13)17-10-11-6-4-3-5-7-12(11)15/h8-9,11-12,17H,3-7,10,15H2,1-2H3. The third-order valence-corrected chi connectivity index (χ3v) is 5.09. The molecule has 1 aliphatic carbocycles. The van der Waals surface area contributed by atoms with Crippen LogP contribution in [0, 0.1) is 5.92 Å². The second kappa shape index (κ2) is 6.13.